The molecule has 0 aromatic heterocycles. The topological polar surface area (TPSA) is 87.0 Å². The van der Waals surface area contributed by atoms with Crippen molar-refractivity contribution in [1.82, 2.24) is 14.7 Å². The minimum absolute atomic E-state index is 0.0400. The van der Waals surface area contributed by atoms with Crippen LogP contribution in [0.2, 0.25) is 0 Å². The van der Waals surface area contributed by atoms with E-state index < -0.39 is 4.92 Å². The number of hydrogen-bond donors (Lipinski definition) is 0. The summed E-state index contributed by atoms with van der Waals surface area (Å²) in [6.45, 7) is 4.99. The highest BCUT2D eigenvalue weighted by Crippen LogP contribution is 2.26. The molecule has 2 amide bonds. The zero-order valence-corrected chi connectivity index (χ0v) is 16.8. The first kappa shape index (κ1) is 21.2. The summed E-state index contributed by atoms with van der Waals surface area (Å²) in [4.78, 5) is 41.3. The molecule has 0 N–H and O–H groups in total. The summed E-state index contributed by atoms with van der Waals surface area (Å²) in [5, 5.41) is 10.4. The molecule has 0 aliphatic carbocycles. The average Bonchev–Trinajstić information content (AvgIpc) is 2.87. The summed E-state index contributed by atoms with van der Waals surface area (Å²) in [6.07, 6.45) is 0.835. The normalized spacial score (nSPS) is 16.5. The van der Waals surface area contributed by atoms with Crippen molar-refractivity contribution in [3.8, 4) is 0 Å². The summed E-state index contributed by atoms with van der Waals surface area (Å²) in [5.74, 6) is 0.121. The summed E-state index contributed by atoms with van der Waals surface area (Å²) in [5.41, 5.74) is 0.0400. The van der Waals surface area contributed by atoms with Gasteiger partial charge in [0.05, 0.1) is 16.7 Å². The van der Waals surface area contributed by atoms with Crippen LogP contribution in [-0.4, -0.2) is 83.5 Å². The molecule has 1 unspecified atom stereocenters. The van der Waals surface area contributed by atoms with Crippen LogP contribution in [0, 0.1) is 10.1 Å². The monoisotopic (exact) mass is 394 g/mol. The van der Waals surface area contributed by atoms with Gasteiger partial charge in [0, 0.05) is 57.3 Å². The van der Waals surface area contributed by atoms with Gasteiger partial charge in [-0.2, -0.15) is 0 Å². The van der Waals surface area contributed by atoms with Crippen molar-refractivity contribution in [3.05, 3.63) is 34.4 Å². The fourth-order valence-electron chi connectivity index (χ4n) is 2.84. The second-order valence-corrected chi connectivity index (χ2v) is 8.17. The first-order valence-corrected chi connectivity index (χ1v) is 9.78. The minimum atomic E-state index is -0.437. The van der Waals surface area contributed by atoms with E-state index in [4.69, 9.17) is 0 Å². The number of likely N-dealkylation sites (N-methyl/N-ethyl adjacent to an activating group) is 1. The molecule has 0 bridgehead atoms. The van der Waals surface area contributed by atoms with Gasteiger partial charge in [0.25, 0.3) is 5.69 Å². The maximum atomic E-state index is 12.8. The molecule has 0 radical (unpaired) electrons. The fraction of sp³-hybridized carbons (Fsp3) is 0.556. The number of carbonyl (C=O) groups is 2. The number of non-ortho nitro benzene ring substituents is 1. The number of nitrogens with zero attached hydrogens (tertiary/aromatic N) is 4. The van der Waals surface area contributed by atoms with E-state index in [0.29, 0.717) is 26.2 Å². The Morgan fingerprint density at radius 3 is 2.44 bits per heavy atom. The lowest BCUT2D eigenvalue weighted by Crippen LogP contribution is -2.41. The Morgan fingerprint density at radius 1 is 1.19 bits per heavy atom. The molecule has 0 saturated carbocycles. The van der Waals surface area contributed by atoms with E-state index in [9.17, 15) is 19.7 Å². The summed E-state index contributed by atoms with van der Waals surface area (Å²) < 4.78 is 0. The molecule has 1 atom stereocenters. The van der Waals surface area contributed by atoms with Gasteiger partial charge >= 0.3 is 0 Å². The third kappa shape index (κ3) is 6.21. The van der Waals surface area contributed by atoms with Gasteiger partial charge in [0.2, 0.25) is 11.8 Å². The smallest absolute Gasteiger partial charge is 0.269 e. The summed E-state index contributed by atoms with van der Waals surface area (Å²) in [7, 11) is 3.49. The Bertz CT molecular complexity index is 680. The van der Waals surface area contributed by atoms with Gasteiger partial charge in [-0.15, -0.1) is 11.8 Å². The van der Waals surface area contributed by atoms with Crippen LogP contribution >= 0.6 is 11.8 Å². The summed E-state index contributed by atoms with van der Waals surface area (Å²) in [6, 6.07) is 6.24. The van der Waals surface area contributed by atoms with Gasteiger partial charge in [-0.3, -0.25) is 24.6 Å². The Kier molecular flexibility index (Phi) is 7.61. The largest absolute Gasteiger partial charge is 0.348 e. The third-order valence-electron chi connectivity index (χ3n) is 4.47. The van der Waals surface area contributed by atoms with Crippen molar-refractivity contribution in [2.75, 3.05) is 46.8 Å². The number of thioether (sulfide) groups is 1. The number of nitro benzene ring substituents is 1. The van der Waals surface area contributed by atoms with Crippen LogP contribution in [0.5, 0.6) is 0 Å². The SMILES string of the molecule is CC(Sc1ccc([N+](=O)[O-])cc1)C(=O)N1CCCN(CC(=O)N(C)C)CC1. The maximum Gasteiger partial charge on any atom is 0.269 e. The molecule has 1 heterocycles. The van der Waals surface area contributed by atoms with Gasteiger partial charge in [-0.1, -0.05) is 0 Å². The highest BCUT2D eigenvalue weighted by atomic mass is 32.2. The molecule has 1 aromatic carbocycles. The van der Waals surface area contributed by atoms with Crippen LogP contribution in [0.4, 0.5) is 5.69 Å². The van der Waals surface area contributed by atoms with Crippen LogP contribution in [0.1, 0.15) is 13.3 Å². The van der Waals surface area contributed by atoms with E-state index in [2.05, 4.69) is 4.90 Å². The molecule has 0 spiro atoms. The molecule has 1 aliphatic rings. The maximum absolute atomic E-state index is 12.8. The number of amides is 2. The lowest BCUT2D eigenvalue weighted by molar-refractivity contribution is -0.384. The van der Waals surface area contributed by atoms with Gasteiger partial charge in [-0.05, 0) is 25.5 Å². The Hall–Kier alpha value is -2.13. The molecule has 8 nitrogen and oxygen atoms in total. The number of nitro groups is 1. The lowest BCUT2D eigenvalue weighted by Gasteiger charge is -2.25. The Labute approximate surface area is 163 Å². The van der Waals surface area contributed by atoms with Crippen molar-refractivity contribution in [2.45, 2.75) is 23.5 Å². The molecule has 9 heteroatoms. The van der Waals surface area contributed by atoms with Crippen LogP contribution in [0.25, 0.3) is 0 Å². The third-order valence-corrected chi connectivity index (χ3v) is 5.57. The molecule has 1 saturated heterocycles. The molecular weight excluding hydrogens is 368 g/mol. The van der Waals surface area contributed by atoms with Crippen molar-refractivity contribution < 1.29 is 14.5 Å². The molecule has 1 fully saturated rings. The molecule has 2 rings (SSSR count). The lowest BCUT2D eigenvalue weighted by atomic mass is 10.3. The van der Waals surface area contributed by atoms with E-state index in [1.165, 1.54) is 23.9 Å². The standard InChI is InChI=1S/C18H26N4O4S/c1-14(27-16-7-5-15(6-8-16)22(25)26)18(24)21-10-4-9-20(11-12-21)13-17(23)19(2)3/h5-8,14H,4,9-13H2,1-3H3. The van der Waals surface area contributed by atoms with Crippen molar-refractivity contribution in [2.24, 2.45) is 0 Å². The van der Waals surface area contributed by atoms with Gasteiger partial charge in [0.15, 0.2) is 0 Å². The van der Waals surface area contributed by atoms with Crippen LogP contribution in [-0.2, 0) is 9.59 Å². The number of benzene rings is 1. The van der Waals surface area contributed by atoms with Crippen molar-refractivity contribution >= 4 is 29.3 Å². The van der Waals surface area contributed by atoms with Crippen molar-refractivity contribution in [3.63, 3.8) is 0 Å². The first-order valence-electron chi connectivity index (χ1n) is 8.90. The summed E-state index contributed by atoms with van der Waals surface area (Å²) >= 11 is 1.40. The fourth-order valence-corrected chi connectivity index (χ4v) is 3.79. The van der Waals surface area contributed by atoms with Crippen LogP contribution < -0.4 is 0 Å². The first-order chi connectivity index (χ1) is 12.8. The van der Waals surface area contributed by atoms with Gasteiger partial charge < -0.3 is 9.80 Å². The zero-order chi connectivity index (χ0) is 20.0. The Balaban J connectivity index is 1.88. The zero-order valence-electron chi connectivity index (χ0n) is 16.0. The highest BCUT2D eigenvalue weighted by Gasteiger charge is 2.25. The number of rotatable bonds is 6. The molecular formula is C18H26N4O4S. The quantitative estimate of drug-likeness (QED) is 0.415. The van der Waals surface area contributed by atoms with E-state index in [1.54, 1.807) is 31.1 Å². The van der Waals surface area contributed by atoms with Crippen LogP contribution in [0.15, 0.2) is 29.2 Å². The van der Waals surface area contributed by atoms with Gasteiger partial charge in [0.1, 0.15) is 0 Å². The van der Waals surface area contributed by atoms with E-state index >= 15 is 0 Å². The average molecular weight is 394 g/mol. The molecule has 148 valence electrons. The molecule has 27 heavy (non-hydrogen) atoms. The number of carbonyl (C=O) groups excluding carboxylic acids is 2. The predicted molar refractivity (Wildman–Crippen MR) is 105 cm³/mol. The Morgan fingerprint density at radius 2 is 1.85 bits per heavy atom. The van der Waals surface area contributed by atoms with E-state index in [-0.39, 0.29) is 22.8 Å². The number of hydrogen-bond acceptors (Lipinski definition) is 6. The second kappa shape index (κ2) is 9.70. The molecule has 1 aromatic rings. The predicted octanol–water partition coefficient (Wildman–Crippen LogP) is 1.70. The highest BCUT2D eigenvalue weighted by molar-refractivity contribution is 8.00. The van der Waals surface area contributed by atoms with E-state index in [0.717, 1.165) is 17.9 Å². The second-order valence-electron chi connectivity index (χ2n) is 6.75. The minimum Gasteiger partial charge on any atom is -0.348 e. The van der Waals surface area contributed by atoms with Gasteiger partial charge in [-0.25, -0.2) is 0 Å². The molecule has 1 aliphatic heterocycles. The van der Waals surface area contributed by atoms with E-state index in [1.807, 2.05) is 11.8 Å². The van der Waals surface area contributed by atoms with Crippen LogP contribution in [0.3, 0.4) is 0 Å². The van der Waals surface area contributed by atoms with Crippen molar-refractivity contribution in [1.29, 1.82) is 0 Å².